The first-order valence-electron chi connectivity index (χ1n) is 7.85. The highest BCUT2D eigenvalue weighted by Gasteiger charge is 2.14. The fraction of sp³-hybridized carbons (Fsp3) is 0.167. The molecule has 3 aromatic rings. The number of hydrogen-bond donors (Lipinski definition) is 3. The van der Waals surface area contributed by atoms with Gasteiger partial charge < -0.3 is 25.2 Å². The molecule has 134 valence electrons. The van der Waals surface area contributed by atoms with Crippen molar-refractivity contribution in [3.05, 3.63) is 63.8 Å². The van der Waals surface area contributed by atoms with E-state index in [4.69, 9.17) is 14.9 Å². The number of H-pyrrole nitrogens is 1. The Morgan fingerprint density at radius 1 is 1.23 bits per heavy atom. The van der Waals surface area contributed by atoms with Crippen molar-refractivity contribution in [1.29, 1.82) is 0 Å². The van der Waals surface area contributed by atoms with Crippen molar-refractivity contribution >= 4 is 22.7 Å². The lowest BCUT2D eigenvalue weighted by molar-refractivity contribution is 0.0910. The second-order valence-corrected chi connectivity index (χ2v) is 5.62. The molecule has 8 nitrogen and oxygen atoms in total. The minimum Gasteiger partial charge on any atom is -0.497 e. The van der Waals surface area contributed by atoms with Gasteiger partial charge in [0.2, 0.25) is 0 Å². The standard InChI is InChI=1S/C18H17N3O5/c1-25-12-2-3-14-13(8-12)10(9-21-14)4-5-20-18(24)16-7-11(22)6-15(26-16)17(19)23/h2-3,6-9,21H,4-5H2,1H3,(H2,19,23)(H,20,24). The fourth-order valence-corrected chi connectivity index (χ4v) is 2.60. The molecule has 26 heavy (non-hydrogen) atoms. The number of aromatic nitrogens is 1. The number of amides is 2. The molecule has 4 N–H and O–H groups in total. The highest BCUT2D eigenvalue weighted by atomic mass is 16.5. The van der Waals surface area contributed by atoms with Gasteiger partial charge in [-0.1, -0.05) is 0 Å². The van der Waals surface area contributed by atoms with Crippen LogP contribution in [0.4, 0.5) is 0 Å². The Morgan fingerprint density at radius 2 is 2.00 bits per heavy atom. The normalized spacial score (nSPS) is 10.7. The highest BCUT2D eigenvalue weighted by Crippen LogP contribution is 2.23. The zero-order valence-corrected chi connectivity index (χ0v) is 14.0. The molecular weight excluding hydrogens is 338 g/mol. The fourth-order valence-electron chi connectivity index (χ4n) is 2.60. The Hall–Kier alpha value is -3.55. The number of aromatic amines is 1. The molecule has 1 aromatic carbocycles. The monoisotopic (exact) mass is 355 g/mol. The SMILES string of the molecule is COc1ccc2[nH]cc(CCNC(=O)c3cc(=O)cc(C(N)=O)o3)c2c1. The second-order valence-electron chi connectivity index (χ2n) is 5.62. The van der Waals surface area contributed by atoms with E-state index in [1.807, 2.05) is 24.4 Å². The Balaban J connectivity index is 1.69. The van der Waals surface area contributed by atoms with Crippen LogP contribution in [0.15, 0.2) is 45.7 Å². The van der Waals surface area contributed by atoms with Crippen LogP contribution < -0.4 is 21.2 Å². The van der Waals surface area contributed by atoms with Gasteiger partial charge in [0.15, 0.2) is 16.9 Å². The van der Waals surface area contributed by atoms with Crippen LogP contribution in [-0.2, 0) is 6.42 Å². The summed E-state index contributed by atoms with van der Waals surface area (Å²) in [7, 11) is 1.60. The van der Waals surface area contributed by atoms with Crippen molar-refractivity contribution in [2.24, 2.45) is 5.73 Å². The quantitative estimate of drug-likeness (QED) is 0.612. The first-order valence-corrected chi connectivity index (χ1v) is 7.85. The topological polar surface area (TPSA) is 127 Å². The summed E-state index contributed by atoms with van der Waals surface area (Å²) in [4.78, 5) is 37.9. The number of carbonyl (C=O) groups excluding carboxylic acids is 2. The predicted octanol–water partition coefficient (Wildman–Crippen LogP) is 1.20. The van der Waals surface area contributed by atoms with Gasteiger partial charge in [-0.05, 0) is 30.2 Å². The molecule has 0 aliphatic rings. The first-order chi connectivity index (χ1) is 12.5. The van der Waals surface area contributed by atoms with E-state index >= 15 is 0 Å². The average Bonchev–Trinajstić information content (AvgIpc) is 3.03. The van der Waals surface area contributed by atoms with Gasteiger partial charge in [-0.25, -0.2) is 0 Å². The van der Waals surface area contributed by atoms with Gasteiger partial charge >= 0.3 is 0 Å². The molecule has 0 aliphatic heterocycles. The molecular formula is C18H17N3O5. The van der Waals surface area contributed by atoms with Crippen LogP contribution in [0.5, 0.6) is 5.75 Å². The van der Waals surface area contributed by atoms with E-state index in [2.05, 4.69) is 10.3 Å². The lowest BCUT2D eigenvalue weighted by Gasteiger charge is -2.05. The summed E-state index contributed by atoms with van der Waals surface area (Å²) in [5, 5.41) is 3.66. The molecule has 3 rings (SSSR count). The third-order valence-electron chi connectivity index (χ3n) is 3.89. The average molecular weight is 355 g/mol. The number of methoxy groups -OCH3 is 1. The van der Waals surface area contributed by atoms with E-state index in [0.29, 0.717) is 13.0 Å². The molecule has 0 unspecified atom stereocenters. The summed E-state index contributed by atoms with van der Waals surface area (Å²) in [6, 6.07) is 7.65. The lowest BCUT2D eigenvalue weighted by atomic mass is 10.1. The van der Waals surface area contributed by atoms with Crippen LogP contribution in [-0.4, -0.2) is 30.5 Å². The minimum absolute atomic E-state index is 0.258. The molecule has 0 atom stereocenters. The zero-order valence-electron chi connectivity index (χ0n) is 14.0. The van der Waals surface area contributed by atoms with E-state index in [-0.39, 0.29) is 11.5 Å². The molecule has 0 saturated carbocycles. The molecule has 0 bridgehead atoms. The van der Waals surface area contributed by atoms with E-state index < -0.39 is 17.2 Å². The smallest absolute Gasteiger partial charge is 0.287 e. The number of benzene rings is 1. The van der Waals surface area contributed by atoms with Crippen molar-refractivity contribution in [3.63, 3.8) is 0 Å². The van der Waals surface area contributed by atoms with Crippen molar-refractivity contribution < 1.29 is 18.7 Å². The molecule has 0 radical (unpaired) electrons. The summed E-state index contributed by atoms with van der Waals surface area (Å²) < 4.78 is 10.3. The van der Waals surface area contributed by atoms with E-state index in [0.717, 1.165) is 34.3 Å². The maximum Gasteiger partial charge on any atom is 0.287 e. The van der Waals surface area contributed by atoms with Gasteiger partial charge in [0.25, 0.3) is 11.8 Å². The summed E-state index contributed by atoms with van der Waals surface area (Å²) in [6.07, 6.45) is 2.42. The Kier molecular flexibility index (Phi) is 4.74. The van der Waals surface area contributed by atoms with Gasteiger partial charge in [0.1, 0.15) is 5.75 Å². The molecule has 0 fully saturated rings. The van der Waals surface area contributed by atoms with Gasteiger partial charge in [-0.2, -0.15) is 0 Å². The van der Waals surface area contributed by atoms with Gasteiger partial charge in [0.05, 0.1) is 7.11 Å². The van der Waals surface area contributed by atoms with E-state index in [1.165, 1.54) is 0 Å². The maximum absolute atomic E-state index is 12.1. The molecule has 8 heteroatoms. The number of hydrogen-bond acceptors (Lipinski definition) is 5. The molecule has 0 saturated heterocycles. The summed E-state index contributed by atoms with van der Waals surface area (Å²) in [5.74, 6) is -1.38. The van der Waals surface area contributed by atoms with Gasteiger partial charge in [0, 0.05) is 35.8 Å². The molecule has 0 spiro atoms. The number of rotatable bonds is 6. The maximum atomic E-state index is 12.1. The van der Waals surface area contributed by atoms with Crippen LogP contribution >= 0.6 is 0 Å². The van der Waals surface area contributed by atoms with Crippen molar-refractivity contribution in [2.75, 3.05) is 13.7 Å². The Bertz CT molecular complexity index is 1030. The van der Waals surface area contributed by atoms with Crippen LogP contribution in [0.2, 0.25) is 0 Å². The van der Waals surface area contributed by atoms with Crippen molar-refractivity contribution in [2.45, 2.75) is 6.42 Å². The third kappa shape index (κ3) is 3.59. The van der Waals surface area contributed by atoms with Gasteiger partial charge in [-0.15, -0.1) is 0 Å². The summed E-state index contributed by atoms with van der Waals surface area (Å²) in [6.45, 7) is 0.313. The Morgan fingerprint density at radius 3 is 2.73 bits per heavy atom. The highest BCUT2D eigenvalue weighted by molar-refractivity contribution is 5.94. The Labute approximate surface area is 147 Å². The number of nitrogens with one attached hydrogen (secondary N) is 2. The van der Waals surface area contributed by atoms with E-state index in [9.17, 15) is 14.4 Å². The number of fused-ring (bicyclic) bond motifs is 1. The molecule has 0 aliphatic carbocycles. The summed E-state index contributed by atoms with van der Waals surface area (Å²) in [5.41, 5.74) is 6.52. The lowest BCUT2D eigenvalue weighted by Crippen LogP contribution is -2.27. The van der Waals surface area contributed by atoms with E-state index in [1.54, 1.807) is 7.11 Å². The van der Waals surface area contributed by atoms with Crippen LogP contribution in [0, 0.1) is 0 Å². The van der Waals surface area contributed by atoms with Gasteiger partial charge in [-0.3, -0.25) is 14.4 Å². The minimum atomic E-state index is -0.913. The second kappa shape index (κ2) is 7.14. The number of nitrogens with two attached hydrogens (primary N) is 1. The van der Waals surface area contributed by atoms with Crippen molar-refractivity contribution in [3.8, 4) is 5.75 Å². The molecule has 2 amide bonds. The first kappa shape index (κ1) is 17.3. The predicted molar refractivity (Wildman–Crippen MR) is 94.4 cm³/mol. The zero-order chi connectivity index (χ0) is 18.7. The van der Waals surface area contributed by atoms with Crippen molar-refractivity contribution in [1.82, 2.24) is 10.3 Å². The molecule has 2 heterocycles. The number of carbonyl (C=O) groups is 2. The third-order valence-corrected chi connectivity index (χ3v) is 3.89. The molecule has 2 aromatic heterocycles. The summed E-state index contributed by atoms with van der Waals surface area (Å²) >= 11 is 0. The van der Waals surface area contributed by atoms with Crippen LogP contribution in [0.25, 0.3) is 10.9 Å². The van der Waals surface area contributed by atoms with Crippen LogP contribution in [0.3, 0.4) is 0 Å². The number of primary amides is 1. The largest absolute Gasteiger partial charge is 0.497 e. The van der Waals surface area contributed by atoms with Crippen LogP contribution in [0.1, 0.15) is 26.7 Å². The number of ether oxygens (including phenoxy) is 1.